The number of ether oxygens (including phenoxy) is 2. The number of hydrogen-bond donors (Lipinski definition) is 2. The average molecular weight is 542 g/mol. The lowest BCUT2D eigenvalue weighted by Gasteiger charge is -2.31. The number of piperidine rings is 1. The Hall–Kier alpha value is -4.44. The largest absolute Gasteiger partial charge is 0.495 e. The number of nitrogens with zero attached hydrogens (tertiary/aromatic N) is 5. The minimum Gasteiger partial charge on any atom is -0.495 e. The molecule has 0 atom stereocenters. The van der Waals surface area contributed by atoms with E-state index in [4.69, 9.17) is 9.47 Å². The lowest BCUT2D eigenvalue weighted by atomic mass is 9.84. The van der Waals surface area contributed by atoms with Gasteiger partial charge in [0.25, 0.3) is 0 Å². The maximum atomic E-state index is 11.7. The second kappa shape index (κ2) is 11.7. The van der Waals surface area contributed by atoms with Gasteiger partial charge in [-0.3, -0.25) is 4.79 Å². The van der Waals surface area contributed by atoms with Crippen LogP contribution in [0.15, 0.2) is 55.3 Å². The summed E-state index contributed by atoms with van der Waals surface area (Å²) in [6.45, 7) is 10.0. The number of rotatable bonds is 9. The Labute approximate surface area is 234 Å². The van der Waals surface area contributed by atoms with Gasteiger partial charge in [0, 0.05) is 17.8 Å². The Balaban J connectivity index is 1.49. The van der Waals surface area contributed by atoms with Gasteiger partial charge in [-0.25, -0.2) is 0 Å². The molecule has 1 aliphatic rings. The molecule has 0 aliphatic carbocycles. The Morgan fingerprint density at radius 3 is 2.73 bits per heavy atom. The number of methoxy groups -OCH3 is 1. The molecule has 208 valence electrons. The predicted molar refractivity (Wildman–Crippen MR) is 156 cm³/mol. The summed E-state index contributed by atoms with van der Waals surface area (Å²) in [5.41, 5.74) is 5.80. The van der Waals surface area contributed by atoms with Crippen molar-refractivity contribution in [3.05, 3.63) is 71.9 Å². The second-order valence-electron chi connectivity index (χ2n) is 9.96. The normalized spacial score (nSPS) is 14.2. The van der Waals surface area contributed by atoms with E-state index < -0.39 is 0 Å². The molecule has 2 aromatic carbocycles. The van der Waals surface area contributed by atoms with Crippen LogP contribution in [0.25, 0.3) is 5.65 Å². The number of aromatic nitrogens is 4. The SMILES string of the molecule is C=CC(=O)Nc1cccc(Oc2nc(Nc3c(OC)cc(C4CCN(C)CC4)c(C)c3CC)nc3ccnn23)c1. The molecule has 3 heterocycles. The van der Waals surface area contributed by atoms with Gasteiger partial charge in [0.1, 0.15) is 11.5 Å². The quantitative estimate of drug-likeness (QED) is 0.269. The molecule has 10 heteroatoms. The first-order valence-corrected chi connectivity index (χ1v) is 13.5. The van der Waals surface area contributed by atoms with Crippen LogP contribution in [0, 0.1) is 6.92 Å². The molecule has 1 saturated heterocycles. The molecule has 2 N–H and O–H groups in total. The van der Waals surface area contributed by atoms with E-state index in [1.165, 1.54) is 27.3 Å². The molecular formula is C30H35N7O3. The smallest absolute Gasteiger partial charge is 0.328 e. The zero-order chi connectivity index (χ0) is 28.2. The average Bonchev–Trinajstić information content (AvgIpc) is 3.43. The molecule has 0 saturated carbocycles. The fraction of sp³-hybridized carbons (Fsp3) is 0.333. The highest BCUT2D eigenvalue weighted by Gasteiger charge is 2.25. The third-order valence-electron chi connectivity index (χ3n) is 7.41. The third-order valence-corrected chi connectivity index (χ3v) is 7.41. The van der Waals surface area contributed by atoms with E-state index in [2.05, 4.69) is 64.1 Å². The minimum atomic E-state index is -0.307. The van der Waals surface area contributed by atoms with E-state index in [1.54, 1.807) is 43.6 Å². The van der Waals surface area contributed by atoms with E-state index in [1.807, 2.05) is 0 Å². The van der Waals surface area contributed by atoms with Crippen molar-refractivity contribution in [1.29, 1.82) is 0 Å². The Morgan fingerprint density at radius 1 is 1.20 bits per heavy atom. The van der Waals surface area contributed by atoms with Crippen LogP contribution in [0.3, 0.4) is 0 Å². The summed E-state index contributed by atoms with van der Waals surface area (Å²) in [5.74, 6) is 1.81. The molecule has 1 amide bonds. The van der Waals surface area contributed by atoms with Crippen molar-refractivity contribution in [3.8, 4) is 17.5 Å². The minimum absolute atomic E-state index is 0.224. The lowest BCUT2D eigenvalue weighted by Crippen LogP contribution is -2.29. The fourth-order valence-corrected chi connectivity index (χ4v) is 5.29. The van der Waals surface area contributed by atoms with Crippen molar-refractivity contribution in [2.45, 2.75) is 39.0 Å². The van der Waals surface area contributed by atoms with Gasteiger partial charge < -0.3 is 25.0 Å². The number of anilines is 3. The van der Waals surface area contributed by atoms with Crippen LogP contribution in [0.1, 0.15) is 42.4 Å². The first-order valence-electron chi connectivity index (χ1n) is 13.5. The molecule has 40 heavy (non-hydrogen) atoms. The highest BCUT2D eigenvalue weighted by Crippen LogP contribution is 2.41. The van der Waals surface area contributed by atoms with Crippen LogP contribution in [0.2, 0.25) is 0 Å². The van der Waals surface area contributed by atoms with Gasteiger partial charge in [-0.15, -0.1) is 0 Å². The van der Waals surface area contributed by atoms with E-state index >= 15 is 0 Å². The number of likely N-dealkylation sites (tertiary alicyclic amines) is 1. The van der Waals surface area contributed by atoms with Gasteiger partial charge in [-0.05, 0) is 93.2 Å². The number of nitrogens with one attached hydrogen (secondary N) is 2. The summed E-state index contributed by atoms with van der Waals surface area (Å²) >= 11 is 0. The molecule has 4 aromatic rings. The van der Waals surface area contributed by atoms with Crippen LogP contribution in [-0.4, -0.2) is 57.6 Å². The lowest BCUT2D eigenvalue weighted by molar-refractivity contribution is -0.111. The fourth-order valence-electron chi connectivity index (χ4n) is 5.29. The summed E-state index contributed by atoms with van der Waals surface area (Å²) < 4.78 is 13.5. The van der Waals surface area contributed by atoms with Crippen LogP contribution in [0.4, 0.5) is 17.3 Å². The van der Waals surface area contributed by atoms with Gasteiger partial charge in [-0.2, -0.15) is 19.6 Å². The number of carbonyl (C=O) groups excluding carboxylic acids is 1. The molecule has 1 aliphatic heterocycles. The first-order chi connectivity index (χ1) is 19.4. The van der Waals surface area contributed by atoms with Crippen molar-refractivity contribution in [2.24, 2.45) is 0 Å². The van der Waals surface area contributed by atoms with Crippen LogP contribution in [0.5, 0.6) is 17.5 Å². The number of benzene rings is 2. The molecular weight excluding hydrogens is 506 g/mol. The molecule has 0 radical (unpaired) electrons. The molecule has 10 nitrogen and oxygen atoms in total. The van der Waals surface area contributed by atoms with E-state index in [9.17, 15) is 4.79 Å². The highest BCUT2D eigenvalue weighted by atomic mass is 16.5. The zero-order valence-corrected chi connectivity index (χ0v) is 23.4. The topological polar surface area (TPSA) is 106 Å². The summed E-state index contributed by atoms with van der Waals surface area (Å²) in [6.07, 6.45) is 5.95. The standard InChI is InChI=1S/C30H35N7O3/c1-6-23-19(3)24(20-12-15-36(4)16-13-20)18-25(39-5)28(23)34-29-33-26-11-14-31-37(26)30(35-29)40-22-10-8-9-21(17-22)32-27(38)7-2/h7-11,14,17-18,20H,2,6,12-13,15-16H2,1,3-5H3,(H,32,38)(H,33,34). The van der Waals surface area contributed by atoms with Crippen LogP contribution >= 0.6 is 0 Å². The van der Waals surface area contributed by atoms with Crippen molar-refractivity contribution < 1.29 is 14.3 Å². The van der Waals surface area contributed by atoms with Crippen molar-refractivity contribution in [2.75, 3.05) is 37.9 Å². The number of amides is 1. The molecule has 5 rings (SSSR count). The summed E-state index contributed by atoms with van der Waals surface area (Å²) in [5, 5.41) is 10.5. The number of carbonyl (C=O) groups is 1. The molecule has 0 unspecified atom stereocenters. The van der Waals surface area contributed by atoms with Crippen LogP contribution < -0.4 is 20.1 Å². The maximum absolute atomic E-state index is 11.7. The third kappa shape index (κ3) is 5.62. The second-order valence-corrected chi connectivity index (χ2v) is 9.96. The maximum Gasteiger partial charge on any atom is 0.328 e. The van der Waals surface area contributed by atoms with E-state index in [0.29, 0.717) is 29.0 Å². The number of hydrogen-bond acceptors (Lipinski definition) is 8. The summed E-state index contributed by atoms with van der Waals surface area (Å²) in [7, 11) is 3.88. The van der Waals surface area contributed by atoms with Gasteiger partial charge in [0.15, 0.2) is 5.65 Å². The highest BCUT2D eigenvalue weighted by molar-refractivity contribution is 5.98. The Morgan fingerprint density at radius 2 is 2.00 bits per heavy atom. The summed E-state index contributed by atoms with van der Waals surface area (Å²) in [6, 6.07) is 11.2. The monoisotopic (exact) mass is 541 g/mol. The Kier molecular flexibility index (Phi) is 7.97. The Bertz CT molecular complexity index is 1540. The first kappa shape index (κ1) is 27.1. The van der Waals surface area contributed by atoms with E-state index in [0.717, 1.165) is 43.8 Å². The van der Waals surface area contributed by atoms with Crippen LogP contribution in [-0.2, 0) is 11.2 Å². The van der Waals surface area contributed by atoms with Gasteiger partial charge in [0.2, 0.25) is 11.9 Å². The predicted octanol–water partition coefficient (Wildman–Crippen LogP) is 5.47. The number of fused-ring (bicyclic) bond motifs is 1. The van der Waals surface area contributed by atoms with Crippen molar-refractivity contribution in [3.63, 3.8) is 0 Å². The van der Waals surface area contributed by atoms with Gasteiger partial charge in [0.05, 0.1) is 19.0 Å². The van der Waals surface area contributed by atoms with Gasteiger partial charge in [-0.1, -0.05) is 19.6 Å². The molecule has 0 spiro atoms. The van der Waals surface area contributed by atoms with E-state index in [-0.39, 0.29) is 11.9 Å². The molecule has 1 fully saturated rings. The van der Waals surface area contributed by atoms with Gasteiger partial charge >= 0.3 is 6.01 Å². The summed E-state index contributed by atoms with van der Waals surface area (Å²) in [4.78, 5) is 23.5. The molecule has 2 aromatic heterocycles. The van der Waals surface area contributed by atoms with Crippen molar-refractivity contribution in [1.82, 2.24) is 24.5 Å². The zero-order valence-electron chi connectivity index (χ0n) is 23.4. The molecule has 0 bridgehead atoms. The van der Waals surface area contributed by atoms with Crippen molar-refractivity contribution >= 4 is 28.9 Å².